The van der Waals surface area contributed by atoms with Gasteiger partial charge in [0.25, 0.3) is 0 Å². The fraction of sp³-hybridized carbons (Fsp3) is 0.250. The van der Waals surface area contributed by atoms with Crippen LogP contribution >= 0.6 is 11.6 Å². The zero-order chi connectivity index (χ0) is 14.9. The summed E-state index contributed by atoms with van der Waals surface area (Å²) >= 11 is 6.12. The molecule has 1 unspecified atom stereocenters. The molecule has 0 fully saturated rings. The highest BCUT2D eigenvalue weighted by atomic mass is 35.5. The molecule has 2 aromatic carbocycles. The maximum Gasteiger partial charge on any atom is 0.127 e. The van der Waals surface area contributed by atoms with Gasteiger partial charge in [0.15, 0.2) is 0 Å². The molecule has 0 spiro atoms. The van der Waals surface area contributed by atoms with E-state index < -0.39 is 0 Å². The van der Waals surface area contributed by atoms with Crippen LogP contribution in [-0.4, -0.2) is 7.05 Å². The lowest BCUT2D eigenvalue weighted by atomic mass is 9.96. The standard InChI is InChI=1S/C16H16ClF2N/c1-9-4-5-11(7-14(9)18)16(20-3)12-6-10(2)15(19)8-13(12)17/h4-8,16,20H,1-3H3. The van der Waals surface area contributed by atoms with Crippen molar-refractivity contribution in [1.82, 2.24) is 5.32 Å². The lowest BCUT2D eigenvalue weighted by molar-refractivity contribution is 0.604. The number of hydrogen-bond acceptors (Lipinski definition) is 1. The van der Waals surface area contributed by atoms with Gasteiger partial charge in [-0.1, -0.05) is 23.7 Å². The Kier molecular flexibility index (Phi) is 4.41. The number of rotatable bonds is 3. The second-order valence-electron chi connectivity index (χ2n) is 4.85. The Labute approximate surface area is 122 Å². The van der Waals surface area contributed by atoms with Crippen LogP contribution in [0.2, 0.25) is 5.02 Å². The fourth-order valence-corrected chi connectivity index (χ4v) is 2.45. The maximum absolute atomic E-state index is 13.7. The van der Waals surface area contributed by atoms with Gasteiger partial charge in [-0.05, 0) is 61.3 Å². The molecule has 1 atom stereocenters. The Bertz CT molecular complexity index is 641. The zero-order valence-corrected chi connectivity index (χ0v) is 12.4. The van der Waals surface area contributed by atoms with Crippen LogP contribution in [0.25, 0.3) is 0 Å². The first-order chi connectivity index (χ1) is 9.43. The third-order valence-electron chi connectivity index (χ3n) is 3.41. The van der Waals surface area contributed by atoms with Crippen LogP contribution in [-0.2, 0) is 0 Å². The third-order valence-corrected chi connectivity index (χ3v) is 3.73. The Morgan fingerprint density at radius 1 is 1.00 bits per heavy atom. The second-order valence-corrected chi connectivity index (χ2v) is 5.26. The maximum atomic E-state index is 13.7. The lowest BCUT2D eigenvalue weighted by Gasteiger charge is -2.20. The summed E-state index contributed by atoms with van der Waals surface area (Å²) in [6, 6.07) is 7.74. The average Bonchev–Trinajstić information content (AvgIpc) is 2.40. The Hall–Kier alpha value is -1.45. The highest BCUT2D eigenvalue weighted by Crippen LogP contribution is 2.30. The molecule has 0 saturated carbocycles. The first-order valence-electron chi connectivity index (χ1n) is 6.33. The van der Waals surface area contributed by atoms with Crippen molar-refractivity contribution in [1.29, 1.82) is 0 Å². The predicted molar refractivity (Wildman–Crippen MR) is 78.2 cm³/mol. The molecule has 0 bridgehead atoms. The molecular weight excluding hydrogens is 280 g/mol. The van der Waals surface area contributed by atoms with Gasteiger partial charge in [0.1, 0.15) is 11.6 Å². The summed E-state index contributed by atoms with van der Waals surface area (Å²) in [6.45, 7) is 3.39. The molecule has 0 aliphatic heterocycles. The zero-order valence-electron chi connectivity index (χ0n) is 11.6. The molecule has 4 heteroatoms. The number of aryl methyl sites for hydroxylation is 2. The number of halogens is 3. The number of hydrogen-bond donors (Lipinski definition) is 1. The molecule has 0 aliphatic carbocycles. The van der Waals surface area contributed by atoms with Gasteiger partial charge in [-0.25, -0.2) is 8.78 Å². The molecular formula is C16H16ClF2N. The molecule has 0 aromatic heterocycles. The molecule has 1 nitrogen and oxygen atoms in total. The van der Waals surface area contributed by atoms with E-state index in [1.807, 2.05) is 6.07 Å². The van der Waals surface area contributed by atoms with Gasteiger partial charge in [-0.2, -0.15) is 0 Å². The summed E-state index contributed by atoms with van der Waals surface area (Å²) < 4.78 is 27.2. The van der Waals surface area contributed by atoms with Crippen LogP contribution in [0.5, 0.6) is 0 Å². The Morgan fingerprint density at radius 2 is 1.65 bits per heavy atom. The van der Waals surface area contributed by atoms with Gasteiger partial charge in [0.2, 0.25) is 0 Å². The summed E-state index contributed by atoms with van der Waals surface area (Å²) in [5.41, 5.74) is 2.59. The van der Waals surface area contributed by atoms with Crippen LogP contribution in [0, 0.1) is 25.5 Å². The van der Waals surface area contributed by atoms with Crippen LogP contribution in [0.15, 0.2) is 30.3 Å². The minimum Gasteiger partial charge on any atom is -0.309 e. The summed E-state index contributed by atoms with van der Waals surface area (Å²) in [6.07, 6.45) is 0. The molecule has 2 aromatic rings. The van der Waals surface area contributed by atoms with E-state index in [2.05, 4.69) is 5.32 Å². The van der Waals surface area contributed by atoms with E-state index >= 15 is 0 Å². The SMILES string of the molecule is CNC(c1ccc(C)c(F)c1)c1cc(C)c(F)cc1Cl. The van der Waals surface area contributed by atoms with Crippen molar-refractivity contribution in [2.45, 2.75) is 19.9 Å². The molecule has 20 heavy (non-hydrogen) atoms. The number of benzene rings is 2. The van der Waals surface area contributed by atoms with Gasteiger partial charge in [-0.15, -0.1) is 0 Å². The van der Waals surface area contributed by atoms with Crippen LogP contribution in [0.3, 0.4) is 0 Å². The monoisotopic (exact) mass is 295 g/mol. The van der Waals surface area contributed by atoms with Gasteiger partial charge >= 0.3 is 0 Å². The van der Waals surface area contributed by atoms with Crippen LogP contribution in [0.1, 0.15) is 28.3 Å². The van der Waals surface area contributed by atoms with E-state index in [4.69, 9.17) is 11.6 Å². The summed E-state index contributed by atoms with van der Waals surface area (Å²) in [7, 11) is 1.76. The largest absolute Gasteiger partial charge is 0.309 e. The fourth-order valence-electron chi connectivity index (χ4n) is 2.19. The minimum absolute atomic E-state index is 0.266. The molecule has 0 amide bonds. The first kappa shape index (κ1) is 14.9. The van der Waals surface area contributed by atoms with Crippen molar-refractivity contribution in [3.63, 3.8) is 0 Å². The third kappa shape index (κ3) is 2.84. The van der Waals surface area contributed by atoms with Crippen molar-refractivity contribution in [2.24, 2.45) is 0 Å². The summed E-state index contributed by atoms with van der Waals surface area (Å²) in [5.74, 6) is -0.610. The topological polar surface area (TPSA) is 12.0 Å². The van der Waals surface area contributed by atoms with E-state index in [1.54, 1.807) is 33.0 Å². The molecule has 106 valence electrons. The summed E-state index contributed by atoms with van der Waals surface area (Å²) in [4.78, 5) is 0. The lowest BCUT2D eigenvalue weighted by Crippen LogP contribution is -2.18. The quantitative estimate of drug-likeness (QED) is 0.876. The Balaban J connectivity index is 2.52. The van der Waals surface area contributed by atoms with E-state index in [-0.39, 0.29) is 17.7 Å². The summed E-state index contributed by atoms with van der Waals surface area (Å²) in [5, 5.41) is 3.42. The van der Waals surface area contributed by atoms with Crippen molar-refractivity contribution < 1.29 is 8.78 Å². The number of nitrogens with one attached hydrogen (secondary N) is 1. The van der Waals surface area contributed by atoms with Crippen LogP contribution in [0.4, 0.5) is 8.78 Å². The van der Waals surface area contributed by atoms with E-state index in [9.17, 15) is 8.78 Å². The van der Waals surface area contributed by atoms with Crippen molar-refractivity contribution in [3.8, 4) is 0 Å². The van der Waals surface area contributed by atoms with Gasteiger partial charge in [0, 0.05) is 5.02 Å². The molecule has 1 N–H and O–H groups in total. The second kappa shape index (κ2) is 5.90. The average molecular weight is 296 g/mol. The molecule has 0 radical (unpaired) electrons. The predicted octanol–water partition coefficient (Wildman–Crippen LogP) is 4.54. The van der Waals surface area contributed by atoms with Crippen molar-refractivity contribution in [3.05, 3.63) is 69.2 Å². The molecule has 0 saturated heterocycles. The van der Waals surface area contributed by atoms with Crippen molar-refractivity contribution >= 4 is 11.6 Å². The van der Waals surface area contributed by atoms with E-state index in [1.165, 1.54) is 12.1 Å². The van der Waals surface area contributed by atoms with Gasteiger partial charge in [-0.3, -0.25) is 0 Å². The molecule has 0 heterocycles. The molecule has 0 aliphatic rings. The highest BCUT2D eigenvalue weighted by Gasteiger charge is 2.18. The normalized spacial score (nSPS) is 12.5. The minimum atomic E-state index is -0.344. The van der Waals surface area contributed by atoms with Gasteiger partial charge < -0.3 is 5.32 Å². The first-order valence-corrected chi connectivity index (χ1v) is 6.70. The molecule has 2 rings (SSSR count). The van der Waals surface area contributed by atoms with Gasteiger partial charge in [0.05, 0.1) is 6.04 Å². The van der Waals surface area contributed by atoms with E-state index in [0.717, 1.165) is 11.1 Å². The van der Waals surface area contributed by atoms with Crippen LogP contribution < -0.4 is 5.32 Å². The van der Waals surface area contributed by atoms with E-state index in [0.29, 0.717) is 16.1 Å². The smallest absolute Gasteiger partial charge is 0.127 e. The van der Waals surface area contributed by atoms with Crippen molar-refractivity contribution in [2.75, 3.05) is 7.05 Å². The Morgan fingerprint density at radius 3 is 2.25 bits per heavy atom. The highest BCUT2D eigenvalue weighted by molar-refractivity contribution is 6.31.